The topological polar surface area (TPSA) is 248 Å². The van der Waals surface area contributed by atoms with E-state index in [1.807, 2.05) is 94.3 Å². The number of nitrogens with zero attached hydrogens (tertiary/aromatic N) is 9. The van der Waals surface area contributed by atoms with Crippen LogP contribution in [0.4, 0.5) is 28.8 Å². The predicted octanol–water partition coefficient (Wildman–Crippen LogP) is 10.4. The number of nitrogen functional groups attached to an aromatic ring is 3. The van der Waals surface area contributed by atoms with Crippen molar-refractivity contribution in [3.8, 4) is 67.9 Å². The molecule has 6 aromatic carbocycles. The van der Waals surface area contributed by atoms with Crippen LogP contribution in [0.5, 0.6) is 23.0 Å². The number of ether oxygens (including phenoxy) is 1. The van der Waals surface area contributed by atoms with Gasteiger partial charge in [0.15, 0.2) is 17.5 Å². The van der Waals surface area contributed by atoms with E-state index < -0.39 is 0 Å². The molecule has 1 aliphatic rings. The standard InChI is InChI=1S/C58H50N12O6/c59-56-48(31-73-64-56)52-30-67(20-21-70(52)43-9-5-10-44(71)27-43)42-16-12-39(13-17-42)41-22-38(23-45(72)26-41)29-69-35-63-53(55(69)50-33-75-66-58(50)61)40-14-18-46(19-15-40)76-47-11-4-8-37(24-47)28-68-34-62-51(25-36-6-2-1-3-7-36)54(68)49-32-74-65-57(49)60/h1-19,22-24,26-27,31-35,52,71-72H,20-21,25,28-30H2,(H2,59,64)(H2,60,65)(H2,61,66). The van der Waals surface area contributed by atoms with Gasteiger partial charge in [-0.25, -0.2) is 9.97 Å². The van der Waals surface area contributed by atoms with Crippen molar-refractivity contribution in [3.05, 3.63) is 205 Å². The van der Waals surface area contributed by atoms with Gasteiger partial charge in [-0.2, -0.15) is 0 Å². The molecule has 6 heterocycles. The van der Waals surface area contributed by atoms with Gasteiger partial charge < -0.3 is 64.7 Å². The molecule has 8 N–H and O–H groups in total. The zero-order valence-corrected chi connectivity index (χ0v) is 40.8. The van der Waals surface area contributed by atoms with Crippen LogP contribution in [0, 0.1) is 0 Å². The lowest BCUT2D eigenvalue weighted by molar-refractivity contribution is 0.419. The predicted molar refractivity (Wildman–Crippen MR) is 289 cm³/mol. The highest BCUT2D eigenvalue weighted by atomic mass is 16.5. The first kappa shape index (κ1) is 46.8. The summed E-state index contributed by atoms with van der Waals surface area (Å²) in [6, 6.07) is 46.6. The number of rotatable bonds is 15. The third kappa shape index (κ3) is 9.48. The number of aromatic hydroxyl groups is 2. The van der Waals surface area contributed by atoms with Crippen molar-refractivity contribution in [2.24, 2.45) is 0 Å². The van der Waals surface area contributed by atoms with E-state index in [1.165, 1.54) is 6.26 Å². The van der Waals surface area contributed by atoms with E-state index in [2.05, 4.69) is 67.7 Å². The molecule has 0 amide bonds. The first-order valence-electron chi connectivity index (χ1n) is 24.5. The molecule has 1 aliphatic heterocycles. The second-order valence-corrected chi connectivity index (χ2v) is 18.7. The summed E-state index contributed by atoms with van der Waals surface area (Å²) in [5.41, 5.74) is 31.5. The van der Waals surface area contributed by atoms with Crippen molar-refractivity contribution in [2.75, 3.05) is 46.6 Å². The van der Waals surface area contributed by atoms with E-state index in [0.29, 0.717) is 78.2 Å². The quantitative estimate of drug-likeness (QED) is 0.0641. The highest BCUT2D eigenvalue weighted by molar-refractivity contribution is 5.83. The van der Waals surface area contributed by atoms with E-state index >= 15 is 0 Å². The van der Waals surface area contributed by atoms with Crippen molar-refractivity contribution in [1.82, 2.24) is 34.6 Å². The molecule has 18 nitrogen and oxygen atoms in total. The summed E-state index contributed by atoms with van der Waals surface area (Å²) in [6.45, 7) is 2.84. The largest absolute Gasteiger partial charge is 0.508 e. The van der Waals surface area contributed by atoms with Gasteiger partial charge in [0.25, 0.3) is 0 Å². The molecule has 12 rings (SSSR count). The molecule has 11 aromatic rings. The molecule has 1 atom stereocenters. The molecule has 5 aromatic heterocycles. The molecular formula is C58H50N12O6. The Labute approximate surface area is 435 Å². The first-order chi connectivity index (χ1) is 37.2. The van der Waals surface area contributed by atoms with E-state index in [1.54, 1.807) is 43.1 Å². The van der Waals surface area contributed by atoms with Crippen molar-refractivity contribution in [2.45, 2.75) is 25.6 Å². The van der Waals surface area contributed by atoms with Gasteiger partial charge in [0.1, 0.15) is 41.8 Å². The Morgan fingerprint density at radius 2 is 1.22 bits per heavy atom. The minimum absolute atomic E-state index is 0.123. The summed E-state index contributed by atoms with van der Waals surface area (Å²) in [5.74, 6) is 2.45. The zero-order chi connectivity index (χ0) is 51.7. The van der Waals surface area contributed by atoms with Gasteiger partial charge in [0.2, 0.25) is 0 Å². The Balaban J connectivity index is 0.758. The molecule has 378 valence electrons. The number of benzene rings is 6. The van der Waals surface area contributed by atoms with Crippen LogP contribution in [0.3, 0.4) is 0 Å². The number of anilines is 5. The molecule has 1 unspecified atom stereocenters. The Hall–Kier alpha value is -10.2. The molecule has 0 bridgehead atoms. The number of hydrogen-bond acceptors (Lipinski definition) is 16. The molecule has 1 fully saturated rings. The summed E-state index contributed by atoms with van der Waals surface area (Å²) in [5, 5.41) is 33.3. The maximum absolute atomic E-state index is 11.1. The van der Waals surface area contributed by atoms with Crippen LogP contribution in [-0.4, -0.2) is 64.4 Å². The van der Waals surface area contributed by atoms with E-state index in [0.717, 1.165) is 68.3 Å². The molecule has 1 saturated heterocycles. The minimum Gasteiger partial charge on any atom is -0.508 e. The fourth-order valence-corrected chi connectivity index (χ4v) is 10.1. The van der Waals surface area contributed by atoms with Gasteiger partial charge in [0, 0.05) is 62.1 Å². The Morgan fingerprint density at radius 1 is 0.539 bits per heavy atom. The number of imidazole rings is 2. The zero-order valence-electron chi connectivity index (χ0n) is 40.8. The average molecular weight is 1010 g/mol. The minimum atomic E-state index is -0.177. The molecule has 76 heavy (non-hydrogen) atoms. The molecule has 0 spiro atoms. The summed E-state index contributed by atoms with van der Waals surface area (Å²) in [7, 11) is 0. The second kappa shape index (κ2) is 20.0. The Bertz CT molecular complexity index is 3810. The smallest absolute Gasteiger partial charge is 0.176 e. The van der Waals surface area contributed by atoms with Crippen LogP contribution in [0.2, 0.25) is 0 Å². The lowest BCUT2D eigenvalue weighted by atomic mass is 10.0. The fraction of sp³-hybridized carbons (Fsp3) is 0.121. The maximum Gasteiger partial charge on any atom is 0.176 e. The van der Waals surface area contributed by atoms with E-state index in [4.69, 9.17) is 45.5 Å². The van der Waals surface area contributed by atoms with Crippen LogP contribution in [0.15, 0.2) is 191 Å². The van der Waals surface area contributed by atoms with Crippen molar-refractivity contribution in [3.63, 3.8) is 0 Å². The molecule has 0 radical (unpaired) electrons. The summed E-state index contributed by atoms with van der Waals surface area (Å²) in [6.07, 6.45) is 8.85. The molecule has 0 saturated carbocycles. The molecular weight excluding hydrogens is 961 g/mol. The Morgan fingerprint density at radius 3 is 1.96 bits per heavy atom. The van der Waals surface area contributed by atoms with Gasteiger partial charge in [0.05, 0.1) is 58.2 Å². The summed E-state index contributed by atoms with van der Waals surface area (Å²) < 4.78 is 26.3. The van der Waals surface area contributed by atoms with Gasteiger partial charge in [-0.3, -0.25) is 0 Å². The normalized spacial score (nSPS) is 13.6. The monoisotopic (exact) mass is 1010 g/mol. The summed E-state index contributed by atoms with van der Waals surface area (Å²) in [4.78, 5) is 14.2. The second-order valence-electron chi connectivity index (χ2n) is 18.7. The van der Waals surface area contributed by atoms with Crippen LogP contribution in [0.1, 0.15) is 34.0 Å². The third-order valence-electron chi connectivity index (χ3n) is 13.7. The third-order valence-corrected chi connectivity index (χ3v) is 13.7. The van der Waals surface area contributed by atoms with Crippen LogP contribution in [0.25, 0.3) is 44.9 Å². The van der Waals surface area contributed by atoms with Gasteiger partial charge in [-0.1, -0.05) is 76.1 Å². The van der Waals surface area contributed by atoms with Gasteiger partial charge in [-0.15, -0.1) is 0 Å². The maximum atomic E-state index is 11.1. The van der Waals surface area contributed by atoms with Crippen molar-refractivity contribution >= 4 is 28.8 Å². The average Bonchev–Trinajstić information content (AvgIpc) is 4.33. The first-order valence-corrected chi connectivity index (χ1v) is 24.5. The van der Waals surface area contributed by atoms with E-state index in [-0.39, 0.29) is 23.4 Å². The van der Waals surface area contributed by atoms with Crippen LogP contribution in [-0.2, 0) is 19.5 Å². The van der Waals surface area contributed by atoms with Crippen molar-refractivity contribution in [1.29, 1.82) is 0 Å². The highest BCUT2D eigenvalue weighted by Crippen LogP contribution is 2.39. The Kier molecular flexibility index (Phi) is 12.3. The lowest BCUT2D eigenvalue weighted by Crippen LogP contribution is -2.48. The van der Waals surface area contributed by atoms with Gasteiger partial charge >= 0.3 is 0 Å². The fourth-order valence-electron chi connectivity index (χ4n) is 10.1. The summed E-state index contributed by atoms with van der Waals surface area (Å²) >= 11 is 0. The number of phenols is 2. The van der Waals surface area contributed by atoms with Crippen LogP contribution < -0.4 is 31.7 Å². The number of aromatic nitrogens is 7. The SMILES string of the molecule is Nc1nocc1-c1c(Cc2ccccc2)ncn1Cc1cccc(Oc2ccc(-c3ncn(Cc4cc(O)cc(-c5ccc(N6CCN(c7cccc(O)c7)C(c7conc7N)C6)cc5)c4)c3-c3conc3N)cc2)c1. The lowest BCUT2D eigenvalue weighted by Gasteiger charge is -2.43. The van der Waals surface area contributed by atoms with Crippen molar-refractivity contribution < 1.29 is 28.5 Å². The number of piperazine rings is 1. The number of hydrogen-bond donors (Lipinski definition) is 5. The highest BCUT2D eigenvalue weighted by Gasteiger charge is 2.32. The molecule has 0 aliphatic carbocycles. The number of nitrogens with two attached hydrogens (primary N) is 3. The number of phenolic OH excluding ortho intramolecular Hbond substituents is 2. The van der Waals surface area contributed by atoms with Crippen LogP contribution >= 0.6 is 0 Å². The van der Waals surface area contributed by atoms with Gasteiger partial charge in [-0.05, 0) is 107 Å². The van der Waals surface area contributed by atoms with E-state index in [9.17, 15) is 10.2 Å². The molecule has 18 heteroatoms.